The first kappa shape index (κ1) is 18.1. The molecule has 1 atom stereocenters. The number of rotatable bonds is 5. The third-order valence-corrected chi connectivity index (χ3v) is 4.47. The lowest BCUT2D eigenvalue weighted by atomic mass is 10.1. The number of piperidine rings is 1. The van der Waals surface area contributed by atoms with Gasteiger partial charge < -0.3 is 19.1 Å². The van der Waals surface area contributed by atoms with E-state index in [4.69, 9.17) is 14.2 Å². The maximum atomic E-state index is 11.9. The van der Waals surface area contributed by atoms with Crippen molar-refractivity contribution in [2.24, 2.45) is 0 Å². The molecule has 2 fully saturated rings. The molecule has 0 bridgehead atoms. The first-order valence-electron chi connectivity index (χ1n) is 8.73. The summed E-state index contributed by atoms with van der Waals surface area (Å²) in [6.45, 7) is 3.10. The van der Waals surface area contributed by atoms with E-state index in [0.717, 1.165) is 24.9 Å². The van der Waals surface area contributed by atoms with Crippen LogP contribution in [0.15, 0.2) is 30.3 Å². The highest BCUT2D eigenvalue weighted by Crippen LogP contribution is 2.33. The highest BCUT2D eigenvalue weighted by Gasteiger charge is 2.44. The van der Waals surface area contributed by atoms with Crippen LogP contribution in [-0.4, -0.2) is 68.2 Å². The molecule has 138 valence electrons. The van der Waals surface area contributed by atoms with Gasteiger partial charge in [0.25, 0.3) is 0 Å². The Hall–Kier alpha value is -1.67. The molecule has 0 aromatic heterocycles. The minimum atomic E-state index is -0.493. The predicted molar refractivity (Wildman–Crippen MR) is 92.7 cm³/mol. The van der Waals surface area contributed by atoms with Crippen LogP contribution >= 0.6 is 0 Å². The lowest BCUT2D eigenvalue weighted by Gasteiger charge is -2.37. The van der Waals surface area contributed by atoms with Crippen molar-refractivity contribution in [2.75, 3.05) is 40.3 Å². The summed E-state index contributed by atoms with van der Waals surface area (Å²) in [6.07, 6.45) is 1.15. The van der Waals surface area contributed by atoms with Crippen molar-refractivity contribution in [2.45, 2.75) is 31.3 Å². The third-order valence-electron chi connectivity index (χ3n) is 4.47. The van der Waals surface area contributed by atoms with Gasteiger partial charge in [0.05, 0.1) is 12.7 Å². The Bertz CT molecular complexity index is 559. The van der Waals surface area contributed by atoms with Crippen LogP contribution in [-0.2, 0) is 20.8 Å². The maximum absolute atomic E-state index is 11.9. The SMILES string of the molecule is CN(C)CC1COC2(CCN(NC(=O)OCc3ccccc3)CC2)O1. The number of likely N-dealkylation sites (N-methyl/N-ethyl adjacent to an activating group) is 1. The van der Waals surface area contributed by atoms with Crippen LogP contribution in [0.4, 0.5) is 4.79 Å². The molecule has 2 heterocycles. The van der Waals surface area contributed by atoms with Gasteiger partial charge in [-0.2, -0.15) is 0 Å². The molecule has 3 rings (SSSR count). The first-order valence-corrected chi connectivity index (χ1v) is 8.73. The van der Waals surface area contributed by atoms with Crippen molar-refractivity contribution in [1.29, 1.82) is 0 Å². The molecule has 0 saturated carbocycles. The van der Waals surface area contributed by atoms with E-state index >= 15 is 0 Å². The molecule has 1 aromatic rings. The number of ether oxygens (including phenoxy) is 3. The lowest BCUT2D eigenvalue weighted by Crippen LogP contribution is -2.52. The van der Waals surface area contributed by atoms with Crippen LogP contribution < -0.4 is 5.43 Å². The molecule has 2 aliphatic rings. The highest BCUT2D eigenvalue weighted by atomic mass is 16.7. The number of hydrogen-bond donors (Lipinski definition) is 1. The number of hydrogen-bond acceptors (Lipinski definition) is 6. The molecule has 7 nitrogen and oxygen atoms in total. The zero-order valence-corrected chi connectivity index (χ0v) is 14.9. The minimum Gasteiger partial charge on any atom is -0.444 e. The van der Waals surface area contributed by atoms with Gasteiger partial charge in [0.1, 0.15) is 6.61 Å². The summed E-state index contributed by atoms with van der Waals surface area (Å²) in [6, 6.07) is 9.63. The smallest absolute Gasteiger partial charge is 0.422 e. The van der Waals surface area contributed by atoms with E-state index in [9.17, 15) is 4.79 Å². The Morgan fingerprint density at radius 3 is 2.72 bits per heavy atom. The molecule has 1 aromatic carbocycles. The molecular weight excluding hydrogens is 322 g/mol. The molecule has 2 aliphatic heterocycles. The van der Waals surface area contributed by atoms with Crippen molar-refractivity contribution < 1.29 is 19.0 Å². The summed E-state index contributed by atoms with van der Waals surface area (Å²) in [5.74, 6) is -0.493. The Kier molecular flexibility index (Phi) is 5.90. The van der Waals surface area contributed by atoms with Crippen molar-refractivity contribution in [1.82, 2.24) is 15.3 Å². The van der Waals surface area contributed by atoms with Gasteiger partial charge in [0.15, 0.2) is 5.79 Å². The van der Waals surface area contributed by atoms with E-state index in [1.165, 1.54) is 0 Å². The average Bonchev–Trinajstić information content (AvgIpc) is 2.98. The summed E-state index contributed by atoms with van der Waals surface area (Å²) < 4.78 is 17.3. The maximum Gasteiger partial charge on any atom is 0.422 e. The van der Waals surface area contributed by atoms with Crippen LogP contribution in [0.3, 0.4) is 0 Å². The van der Waals surface area contributed by atoms with Crippen LogP contribution in [0.25, 0.3) is 0 Å². The number of carbonyl (C=O) groups excluding carboxylic acids is 1. The normalized spacial score (nSPS) is 23.1. The molecule has 1 amide bonds. The number of benzene rings is 1. The molecule has 1 unspecified atom stereocenters. The minimum absolute atomic E-state index is 0.116. The second-order valence-electron chi connectivity index (χ2n) is 6.88. The topological polar surface area (TPSA) is 63.3 Å². The van der Waals surface area contributed by atoms with Crippen molar-refractivity contribution in [3.63, 3.8) is 0 Å². The van der Waals surface area contributed by atoms with E-state index < -0.39 is 11.9 Å². The van der Waals surface area contributed by atoms with E-state index in [-0.39, 0.29) is 12.7 Å². The predicted octanol–water partition coefficient (Wildman–Crippen LogP) is 1.60. The average molecular weight is 349 g/mol. The molecule has 0 radical (unpaired) electrons. The summed E-state index contributed by atoms with van der Waals surface area (Å²) in [5.41, 5.74) is 3.76. The Balaban J connectivity index is 1.38. The second kappa shape index (κ2) is 8.14. The first-order chi connectivity index (χ1) is 12.0. The van der Waals surface area contributed by atoms with Gasteiger partial charge in [-0.25, -0.2) is 9.80 Å². The summed E-state index contributed by atoms with van der Waals surface area (Å²) >= 11 is 0. The van der Waals surface area contributed by atoms with Gasteiger partial charge in [-0.3, -0.25) is 5.43 Å². The number of nitrogens with zero attached hydrogens (tertiary/aromatic N) is 2. The van der Waals surface area contributed by atoms with Crippen molar-refractivity contribution in [3.05, 3.63) is 35.9 Å². The fraction of sp³-hybridized carbons (Fsp3) is 0.611. The fourth-order valence-corrected chi connectivity index (χ4v) is 3.22. The van der Waals surface area contributed by atoms with Gasteiger partial charge in [0, 0.05) is 32.5 Å². The number of carbonyl (C=O) groups is 1. The molecule has 25 heavy (non-hydrogen) atoms. The second-order valence-corrected chi connectivity index (χ2v) is 6.88. The van der Waals surface area contributed by atoms with Gasteiger partial charge >= 0.3 is 6.09 Å². The van der Waals surface area contributed by atoms with E-state index in [2.05, 4.69) is 10.3 Å². The summed E-state index contributed by atoms with van der Waals surface area (Å²) in [7, 11) is 4.06. The standard InChI is InChI=1S/C18H27N3O4/c1-20(2)12-16-14-24-18(25-16)8-10-21(11-9-18)19-17(22)23-13-15-6-4-3-5-7-15/h3-7,16H,8-14H2,1-2H3,(H,19,22). The zero-order valence-electron chi connectivity index (χ0n) is 14.9. The van der Waals surface area contributed by atoms with Crippen LogP contribution in [0, 0.1) is 0 Å². The molecule has 1 spiro atoms. The molecule has 2 saturated heterocycles. The largest absolute Gasteiger partial charge is 0.444 e. The van der Waals surface area contributed by atoms with Crippen LogP contribution in [0.5, 0.6) is 0 Å². The Morgan fingerprint density at radius 2 is 2.04 bits per heavy atom. The van der Waals surface area contributed by atoms with E-state index in [0.29, 0.717) is 19.7 Å². The molecule has 7 heteroatoms. The van der Waals surface area contributed by atoms with Gasteiger partial charge in [0.2, 0.25) is 0 Å². The quantitative estimate of drug-likeness (QED) is 0.871. The van der Waals surface area contributed by atoms with E-state index in [1.807, 2.05) is 49.4 Å². The Labute approximate surface area is 148 Å². The number of nitrogens with one attached hydrogen (secondary N) is 1. The van der Waals surface area contributed by atoms with Crippen LogP contribution in [0.2, 0.25) is 0 Å². The highest BCUT2D eigenvalue weighted by molar-refractivity contribution is 5.66. The van der Waals surface area contributed by atoms with Crippen LogP contribution in [0.1, 0.15) is 18.4 Å². The number of amides is 1. The molecule has 0 aliphatic carbocycles. The van der Waals surface area contributed by atoms with Gasteiger partial charge in [-0.15, -0.1) is 0 Å². The lowest BCUT2D eigenvalue weighted by molar-refractivity contribution is -0.198. The van der Waals surface area contributed by atoms with E-state index in [1.54, 1.807) is 0 Å². The Morgan fingerprint density at radius 1 is 1.32 bits per heavy atom. The van der Waals surface area contributed by atoms with Crippen molar-refractivity contribution >= 4 is 6.09 Å². The zero-order chi connectivity index (χ0) is 17.7. The monoisotopic (exact) mass is 349 g/mol. The number of hydrazine groups is 1. The molecular formula is C18H27N3O4. The summed E-state index contributed by atoms with van der Waals surface area (Å²) in [4.78, 5) is 14.0. The van der Waals surface area contributed by atoms with Gasteiger partial charge in [-0.05, 0) is 19.7 Å². The fourth-order valence-electron chi connectivity index (χ4n) is 3.22. The third kappa shape index (κ3) is 5.15. The molecule has 1 N–H and O–H groups in total. The van der Waals surface area contributed by atoms with Crippen molar-refractivity contribution in [3.8, 4) is 0 Å². The summed E-state index contributed by atoms with van der Waals surface area (Å²) in [5, 5.41) is 1.87. The van der Waals surface area contributed by atoms with Gasteiger partial charge in [-0.1, -0.05) is 30.3 Å².